The minimum absolute atomic E-state index is 0.0540. The second kappa shape index (κ2) is 8.75. The van der Waals surface area contributed by atoms with Crippen LogP contribution in [0, 0.1) is 29.1 Å². The number of carbonyl (C=O) groups excluding carboxylic acids is 1. The van der Waals surface area contributed by atoms with Gasteiger partial charge < -0.3 is 9.88 Å². The van der Waals surface area contributed by atoms with Crippen LogP contribution in [0.3, 0.4) is 0 Å². The van der Waals surface area contributed by atoms with Gasteiger partial charge in [0.1, 0.15) is 0 Å². The third kappa shape index (κ3) is 3.60. The van der Waals surface area contributed by atoms with E-state index >= 15 is 0 Å². The molecule has 3 aliphatic carbocycles. The summed E-state index contributed by atoms with van der Waals surface area (Å²) in [6.45, 7) is 8.58. The highest BCUT2D eigenvalue weighted by atomic mass is 16.1. The Kier molecular flexibility index (Phi) is 5.43. The average molecular weight is 503 g/mol. The Morgan fingerprint density at radius 3 is 2.42 bits per heavy atom. The van der Waals surface area contributed by atoms with Gasteiger partial charge in [-0.2, -0.15) is 5.26 Å². The molecule has 0 unspecified atom stereocenters. The van der Waals surface area contributed by atoms with Crippen LogP contribution in [-0.2, 0) is 5.41 Å². The molecule has 1 aromatic heterocycles. The van der Waals surface area contributed by atoms with Crippen LogP contribution in [0.25, 0.3) is 10.9 Å². The molecule has 0 spiro atoms. The van der Waals surface area contributed by atoms with Crippen molar-refractivity contribution in [2.24, 2.45) is 5.92 Å². The van der Waals surface area contributed by atoms with E-state index in [0.29, 0.717) is 11.5 Å². The SMILES string of the molecule is CC1(C)c2cc(N3CCN(C4CCC4)CC3)c(C#CC3CCC3)cc2C(=O)c2c1[nH]c1cc(C#N)ccc21. The summed E-state index contributed by atoms with van der Waals surface area (Å²) in [4.78, 5) is 22.8. The topological polar surface area (TPSA) is 63.1 Å². The van der Waals surface area contributed by atoms with Crippen molar-refractivity contribution in [3.8, 4) is 17.9 Å². The van der Waals surface area contributed by atoms with Gasteiger partial charge in [-0.05, 0) is 55.5 Å². The van der Waals surface area contributed by atoms with Crippen LogP contribution in [0.5, 0.6) is 0 Å². The maximum absolute atomic E-state index is 14.1. The minimum atomic E-state index is -0.382. The highest BCUT2D eigenvalue weighted by Gasteiger charge is 2.41. The lowest BCUT2D eigenvalue weighted by Gasteiger charge is -2.44. The van der Waals surface area contributed by atoms with Gasteiger partial charge in [0, 0.05) is 71.3 Å². The fourth-order valence-corrected chi connectivity index (χ4v) is 6.71. The van der Waals surface area contributed by atoms with Gasteiger partial charge >= 0.3 is 0 Å². The van der Waals surface area contributed by atoms with Crippen molar-refractivity contribution in [2.45, 2.75) is 63.8 Å². The molecule has 0 amide bonds. The molecule has 0 radical (unpaired) electrons. The first-order valence-electron chi connectivity index (χ1n) is 14.2. The second-order valence-corrected chi connectivity index (χ2v) is 12.1. The molecule has 7 rings (SSSR count). The Bertz CT molecular complexity index is 1560. The molecule has 1 aliphatic heterocycles. The molecule has 192 valence electrons. The first-order chi connectivity index (χ1) is 18.4. The summed E-state index contributed by atoms with van der Waals surface area (Å²) in [7, 11) is 0. The third-order valence-corrected chi connectivity index (χ3v) is 9.60. The molecule has 1 saturated heterocycles. The van der Waals surface area contributed by atoms with Gasteiger partial charge in [0.2, 0.25) is 0 Å². The van der Waals surface area contributed by atoms with Crippen molar-refractivity contribution in [3.05, 3.63) is 63.8 Å². The van der Waals surface area contributed by atoms with E-state index in [1.807, 2.05) is 12.1 Å². The predicted molar refractivity (Wildman–Crippen MR) is 151 cm³/mol. The van der Waals surface area contributed by atoms with Gasteiger partial charge in [0.05, 0.1) is 22.9 Å². The maximum Gasteiger partial charge on any atom is 0.195 e. The van der Waals surface area contributed by atoms with E-state index in [2.05, 4.69) is 58.7 Å². The number of fused-ring (bicyclic) bond motifs is 4. The molecule has 2 aromatic carbocycles. The smallest absolute Gasteiger partial charge is 0.195 e. The highest BCUT2D eigenvalue weighted by Crippen LogP contribution is 2.46. The number of nitriles is 1. The van der Waals surface area contributed by atoms with Crippen LogP contribution < -0.4 is 4.90 Å². The number of H-pyrrole nitrogens is 1. The fraction of sp³-hybridized carbons (Fsp3) is 0.455. The molecule has 4 aliphatic rings. The van der Waals surface area contributed by atoms with E-state index < -0.39 is 0 Å². The summed E-state index contributed by atoms with van der Waals surface area (Å²) in [5.41, 5.74) is 6.73. The molecule has 1 N–H and O–H groups in total. The zero-order valence-corrected chi connectivity index (χ0v) is 22.4. The summed E-state index contributed by atoms with van der Waals surface area (Å²) in [6, 6.07) is 12.9. The quantitative estimate of drug-likeness (QED) is 0.454. The number of aromatic amines is 1. The fourth-order valence-electron chi connectivity index (χ4n) is 6.71. The minimum Gasteiger partial charge on any atom is -0.368 e. The van der Waals surface area contributed by atoms with Gasteiger partial charge in [-0.3, -0.25) is 9.69 Å². The molecular formula is C33H34N4O. The van der Waals surface area contributed by atoms with Crippen LogP contribution in [0.1, 0.15) is 90.7 Å². The van der Waals surface area contributed by atoms with Crippen LogP contribution in [0.2, 0.25) is 0 Å². The Morgan fingerprint density at radius 1 is 1.00 bits per heavy atom. The van der Waals surface area contributed by atoms with Crippen molar-refractivity contribution in [1.29, 1.82) is 5.26 Å². The molecule has 2 saturated carbocycles. The lowest BCUT2D eigenvalue weighted by atomic mass is 9.70. The average Bonchev–Trinajstić information content (AvgIpc) is 3.26. The number of carbonyl (C=O) groups is 1. The van der Waals surface area contributed by atoms with Crippen molar-refractivity contribution >= 4 is 22.4 Å². The van der Waals surface area contributed by atoms with Gasteiger partial charge in [0.15, 0.2) is 5.78 Å². The molecule has 0 atom stereocenters. The number of benzene rings is 2. The zero-order chi connectivity index (χ0) is 26.0. The Balaban J connectivity index is 1.33. The van der Waals surface area contributed by atoms with Crippen LogP contribution in [-0.4, -0.2) is 47.9 Å². The monoisotopic (exact) mass is 502 g/mol. The molecule has 3 fully saturated rings. The lowest BCUT2D eigenvalue weighted by molar-refractivity contribution is 0.103. The van der Waals surface area contributed by atoms with Crippen LogP contribution >= 0.6 is 0 Å². The number of aromatic nitrogens is 1. The van der Waals surface area contributed by atoms with Crippen LogP contribution in [0.15, 0.2) is 30.3 Å². The van der Waals surface area contributed by atoms with Crippen LogP contribution in [0.4, 0.5) is 5.69 Å². The number of piperazine rings is 1. The number of nitrogens with one attached hydrogen (secondary N) is 1. The Hall–Kier alpha value is -3.54. The number of anilines is 1. The maximum atomic E-state index is 14.1. The molecule has 5 nitrogen and oxygen atoms in total. The van der Waals surface area contributed by atoms with Crippen molar-refractivity contribution in [2.75, 3.05) is 31.1 Å². The largest absolute Gasteiger partial charge is 0.368 e. The number of hydrogen-bond donors (Lipinski definition) is 1. The molecule has 5 heteroatoms. The van der Waals surface area contributed by atoms with Crippen molar-refractivity contribution < 1.29 is 4.79 Å². The van der Waals surface area contributed by atoms with Crippen molar-refractivity contribution in [1.82, 2.24) is 9.88 Å². The second-order valence-electron chi connectivity index (χ2n) is 12.1. The third-order valence-electron chi connectivity index (χ3n) is 9.60. The summed E-state index contributed by atoms with van der Waals surface area (Å²) in [6.07, 6.45) is 7.69. The van der Waals surface area contributed by atoms with Gasteiger partial charge in [-0.1, -0.05) is 44.6 Å². The van der Waals surface area contributed by atoms with E-state index in [9.17, 15) is 10.1 Å². The highest BCUT2D eigenvalue weighted by molar-refractivity contribution is 6.20. The summed E-state index contributed by atoms with van der Waals surface area (Å²) >= 11 is 0. The Morgan fingerprint density at radius 2 is 1.76 bits per heavy atom. The normalized spacial score (nSPS) is 21.1. The van der Waals surface area contributed by atoms with Crippen molar-refractivity contribution in [3.63, 3.8) is 0 Å². The van der Waals surface area contributed by atoms with E-state index in [1.54, 1.807) is 6.07 Å². The Labute approximate surface area is 224 Å². The van der Waals surface area contributed by atoms with E-state index in [4.69, 9.17) is 0 Å². The van der Waals surface area contributed by atoms with E-state index in [-0.39, 0.29) is 11.2 Å². The number of hydrogen-bond acceptors (Lipinski definition) is 4. The molecular weight excluding hydrogens is 468 g/mol. The summed E-state index contributed by atoms with van der Waals surface area (Å²) < 4.78 is 0. The van der Waals surface area contributed by atoms with E-state index in [1.165, 1.54) is 44.2 Å². The molecule has 3 aromatic rings. The molecule has 38 heavy (non-hydrogen) atoms. The van der Waals surface area contributed by atoms with Gasteiger partial charge in [-0.15, -0.1) is 0 Å². The summed E-state index contributed by atoms with van der Waals surface area (Å²) in [5, 5.41) is 10.3. The standard InChI is InChI=1S/C33H34N4O/c1-33(2)27-19-29(37-15-13-36(14-16-37)24-7-4-8-24)23(11-9-21-5-3-6-21)18-26(27)31(38)30-25-12-10-22(20-34)17-28(25)35-32(30)33/h10,12,17-19,21,24,35H,3-8,13-16H2,1-2H3. The number of nitrogens with zero attached hydrogens (tertiary/aromatic N) is 3. The summed E-state index contributed by atoms with van der Waals surface area (Å²) in [5.74, 6) is 7.60. The first-order valence-corrected chi connectivity index (χ1v) is 14.2. The first kappa shape index (κ1) is 23.6. The zero-order valence-electron chi connectivity index (χ0n) is 22.4. The molecule has 2 heterocycles. The lowest BCUT2D eigenvalue weighted by Crippen LogP contribution is -2.52. The van der Waals surface area contributed by atoms with Gasteiger partial charge in [0.25, 0.3) is 0 Å². The number of rotatable bonds is 2. The molecule has 0 bridgehead atoms. The predicted octanol–water partition coefficient (Wildman–Crippen LogP) is 5.74. The van der Waals surface area contributed by atoms with E-state index in [0.717, 1.165) is 71.1 Å². The van der Waals surface area contributed by atoms with Gasteiger partial charge in [-0.25, -0.2) is 0 Å². The number of ketones is 1.